The zero-order chi connectivity index (χ0) is 67.1. The number of carbonyl (C=O) groups is 3. The number of benzene rings is 4. The Kier molecular flexibility index (Phi) is 21.7. The van der Waals surface area contributed by atoms with Gasteiger partial charge >= 0.3 is 50.2 Å². The first-order chi connectivity index (χ1) is 44.5. The maximum absolute atomic E-state index is 13.5. The van der Waals surface area contributed by atoms with Crippen LogP contribution in [0.4, 0.5) is 24.5 Å². The molecule has 484 valence electrons. The molecule has 0 radical (unpaired) electrons. The Morgan fingerprint density at radius 2 is 0.882 bits per heavy atom. The fraction of sp³-hybridized carbons (Fsp3) is 0.226. The van der Waals surface area contributed by atoms with Gasteiger partial charge in [0.15, 0.2) is 39.4 Å². The van der Waals surface area contributed by atoms with Gasteiger partial charge in [-0.2, -0.15) is 21.6 Å². The Morgan fingerprint density at radius 1 is 0.516 bits per heavy atom. The molecule has 0 spiro atoms. The number of nitrogens with one attached hydrogen (secondary N) is 1. The van der Waals surface area contributed by atoms with Crippen LogP contribution in [0.15, 0.2) is 149 Å². The number of aryl methyl sites for hydroxylation is 3. The van der Waals surface area contributed by atoms with E-state index in [0.29, 0.717) is 45.0 Å². The average Bonchev–Trinajstić information content (AvgIpc) is 0.763. The fourth-order valence-electron chi connectivity index (χ4n) is 8.86. The number of aromatic nitrogens is 9. The molecular weight excluding hydrogens is 1240 g/mol. The number of esters is 3. The minimum atomic E-state index is -6.27. The van der Waals surface area contributed by atoms with Crippen LogP contribution in [0.25, 0.3) is 33.1 Å². The number of pyridine rings is 3. The number of nitrogens with two attached hydrogens (primary N) is 1. The lowest BCUT2D eigenvalue weighted by atomic mass is 10.1. The molecule has 10 aromatic rings. The molecule has 31 heteroatoms. The van der Waals surface area contributed by atoms with Gasteiger partial charge in [-0.3, -0.25) is 14.4 Å². The SMILES string of the molecule is CCOC(=O)c1c(NCc2ccc(N)cc2)c2c(C)ncnc2n(OCc2ccccc2)c1=O.CCOC(=O)c1c(O)c2c(C)ncnc2n(OCc2ccccc2)c1=O.CCOC(=O)c1c(OS(=O)(=O)C(F)(F)F)c2c(C)ncnc2n(OCc2ccccc2)c1=O. The summed E-state index contributed by atoms with van der Waals surface area (Å²) in [5, 5.41) is 13.9. The normalized spacial score (nSPS) is 11.2. The summed E-state index contributed by atoms with van der Waals surface area (Å²) in [6.45, 7) is 9.60. The highest BCUT2D eigenvalue weighted by molar-refractivity contribution is 7.88. The molecule has 4 aromatic carbocycles. The molecule has 0 unspecified atom stereocenters. The Labute approximate surface area is 525 Å². The minimum absolute atomic E-state index is 0.0604. The highest BCUT2D eigenvalue weighted by atomic mass is 32.2. The Bertz CT molecular complexity index is 4680. The molecule has 4 N–H and O–H groups in total. The van der Waals surface area contributed by atoms with Gasteiger partial charge < -0.3 is 49.1 Å². The number of hydrogen-bond acceptors (Lipinski definition) is 24. The predicted molar refractivity (Wildman–Crippen MR) is 329 cm³/mol. The van der Waals surface area contributed by atoms with Crippen molar-refractivity contribution >= 4 is 72.5 Å². The largest absolute Gasteiger partial charge is 0.534 e. The Morgan fingerprint density at radius 3 is 1.31 bits per heavy atom. The van der Waals surface area contributed by atoms with Gasteiger partial charge in [0.05, 0.1) is 58.7 Å². The summed E-state index contributed by atoms with van der Waals surface area (Å²) in [6.07, 6.45) is 3.59. The third-order valence-electron chi connectivity index (χ3n) is 13.2. The third-order valence-corrected chi connectivity index (χ3v) is 14.2. The number of anilines is 2. The lowest BCUT2D eigenvalue weighted by Crippen LogP contribution is -2.35. The molecule has 0 atom stereocenters. The summed E-state index contributed by atoms with van der Waals surface area (Å²) in [5.74, 6) is -4.83. The molecule has 0 amide bonds. The van der Waals surface area contributed by atoms with Crippen molar-refractivity contribution in [1.82, 2.24) is 44.1 Å². The predicted octanol–water partition coefficient (Wildman–Crippen LogP) is 6.84. The van der Waals surface area contributed by atoms with Crippen molar-refractivity contribution in [3.63, 3.8) is 0 Å². The van der Waals surface area contributed by atoms with Gasteiger partial charge in [-0.15, -0.1) is 14.2 Å². The van der Waals surface area contributed by atoms with E-state index in [1.807, 2.05) is 72.8 Å². The van der Waals surface area contributed by atoms with Crippen molar-refractivity contribution in [2.24, 2.45) is 0 Å². The van der Waals surface area contributed by atoms with Gasteiger partial charge in [0.2, 0.25) is 0 Å². The lowest BCUT2D eigenvalue weighted by Gasteiger charge is -2.18. The number of hydrogen-bond donors (Lipinski definition) is 3. The van der Waals surface area contributed by atoms with E-state index in [1.54, 1.807) is 70.2 Å². The number of halogens is 3. The number of fused-ring (bicyclic) bond motifs is 3. The molecule has 0 aliphatic heterocycles. The van der Waals surface area contributed by atoms with E-state index in [1.165, 1.54) is 26.5 Å². The van der Waals surface area contributed by atoms with Crippen molar-refractivity contribution in [1.29, 1.82) is 0 Å². The van der Waals surface area contributed by atoms with Crippen LogP contribution in [0.3, 0.4) is 0 Å². The van der Waals surface area contributed by atoms with Crippen molar-refractivity contribution in [3.05, 3.63) is 221 Å². The van der Waals surface area contributed by atoms with Crippen LogP contribution in [-0.2, 0) is 50.7 Å². The van der Waals surface area contributed by atoms with Crippen LogP contribution in [0, 0.1) is 20.8 Å². The Hall–Kier alpha value is -11.5. The van der Waals surface area contributed by atoms with Gasteiger partial charge in [0.1, 0.15) is 44.6 Å². The standard InChI is InChI=1S/C25H25N5O4.C19H16F3N3O7S.C18H17N3O5/c1-3-33-25(32)21-22(27-13-17-9-11-19(26)12-10-17)20-16(2)28-15-29-23(20)30(24(21)31)34-14-18-7-5-4-6-8-18;1-3-30-18(27)14-15(32-33(28,29)19(20,21)22)13-11(2)23-10-24-16(13)25(17(14)26)31-9-12-7-5-4-6-8-12;1-3-25-18(24)14-15(22)13-11(2)19-10-20-16(13)21(17(14)23)26-9-12-7-5-4-6-8-12/h4-12,15,27H,3,13-14,26H2,1-2H3;4-8,10H,3,9H2,1-2H3;4-8,10,22H,3,9H2,1-2H3. The van der Waals surface area contributed by atoms with Crippen LogP contribution in [-0.4, -0.2) is 101 Å². The van der Waals surface area contributed by atoms with E-state index in [0.717, 1.165) is 32.5 Å². The minimum Gasteiger partial charge on any atom is -0.506 e. The number of alkyl halides is 3. The number of ether oxygens (including phenoxy) is 3. The molecule has 6 aromatic heterocycles. The van der Waals surface area contributed by atoms with E-state index in [-0.39, 0.29) is 67.6 Å². The second-order valence-electron chi connectivity index (χ2n) is 19.5. The first-order valence-corrected chi connectivity index (χ1v) is 29.4. The smallest absolute Gasteiger partial charge is 0.506 e. The van der Waals surface area contributed by atoms with Gasteiger partial charge in [-0.1, -0.05) is 103 Å². The molecule has 10 rings (SSSR count). The second-order valence-corrected chi connectivity index (χ2v) is 21.0. The van der Waals surface area contributed by atoms with Crippen molar-refractivity contribution < 1.29 is 74.0 Å². The summed E-state index contributed by atoms with van der Waals surface area (Å²) in [7, 11) is -6.27. The van der Waals surface area contributed by atoms with Crippen molar-refractivity contribution in [2.75, 3.05) is 30.9 Å². The maximum atomic E-state index is 13.5. The van der Waals surface area contributed by atoms with Crippen molar-refractivity contribution in [3.8, 4) is 11.5 Å². The maximum Gasteiger partial charge on any atom is 0.534 e. The highest BCUT2D eigenvalue weighted by Crippen LogP contribution is 2.35. The van der Waals surface area contributed by atoms with Gasteiger partial charge in [-0.25, -0.2) is 44.3 Å². The molecule has 0 saturated heterocycles. The number of aromatic hydroxyl groups is 1. The van der Waals surface area contributed by atoms with Gasteiger partial charge in [0.25, 0.3) is 0 Å². The summed E-state index contributed by atoms with van der Waals surface area (Å²) >= 11 is 0. The number of nitrogen functional groups attached to an aromatic ring is 1. The zero-order valence-electron chi connectivity index (χ0n) is 50.4. The zero-order valence-corrected chi connectivity index (χ0v) is 51.2. The topological polar surface area (TPSA) is 352 Å². The lowest BCUT2D eigenvalue weighted by molar-refractivity contribution is -0.0500. The second kappa shape index (κ2) is 29.9. The molecule has 0 fully saturated rings. The number of carbonyl (C=O) groups excluding carboxylic acids is 3. The van der Waals surface area contributed by atoms with Crippen molar-refractivity contribution in [2.45, 2.75) is 73.4 Å². The van der Waals surface area contributed by atoms with Crippen LogP contribution in [0.5, 0.6) is 11.5 Å². The quantitative estimate of drug-likeness (QED) is 0.0231. The molecule has 0 saturated carbocycles. The molecule has 0 bridgehead atoms. The average molecular weight is 1300 g/mol. The van der Waals surface area contributed by atoms with Crippen LogP contribution >= 0.6 is 0 Å². The molecule has 27 nitrogen and oxygen atoms in total. The third kappa shape index (κ3) is 15.4. The molecular formula is C62H58F3N11O16S. The fourth-order valence-corrected chi connectivity index (χ4v) is 9.34. The van der Waals surface area contributed by atoms with Crippen LogP contribution < -0.4 is 46.4 Å². The van der Waals surface area contributed by atoms with E-state index in [4.69, 9.17) is 34.5 Å². The van der Waals surface area contributed by atoms with Gasteiger partial charge in [0, 0.05) is 12.2 Å². The number of nitrogens with zero attached hydrogens (tertiary/aromatic N) is 9. The highest BCUT2D eigenvalue weighted by Gasteiger charge is 2.50. The summed E-state index contributed by atoms with van der Waals surface area (Å²) < 4.78 is 84.1. The van der Waals surface area contributed by atoms with E-state index < -0.39 is 83.9 Å². The van der Waals surface area contributed by atoms with Crippen LogP contribution in [0.1, 0.15) is 91.2 Å². The Balaban J connectivity index is 0.000000181. The molecule has 0 aliphatic carbocycles. The first kappa shape index (κ1) is 67.4. The summed E-state index contributed by atoms with van der Waals surface area (Å²) in [6, 6.07) is 34.4. The van der Waals surface area contributed by atoms with E-state index in [9.17, 15) is 55.5 Å². The monoisotopic (exact) mass is 1300 g/mol. The molecule has 6 heterocycles. The van der Waals surface area contributed by atoms with E-state index >= 15 is 0 Å². The van der Waals surface area contributed by atoms with Crippen LogP contribution in [0.2, 0.25) is 0 Å². The van der Waals surface area contributed by atoms with Gasteiger partial charge in [-0.05, 0) is 75.9 Å². The molecule has 93 heavy (non-hydrogen) atoms. The van der Waals surface area contributed by atoms with E-state index in [2.05, 4.69) is 39.4 Å². The summed E-state index contributed by atoms with van der Waals surface area (Å²) in [5.41, 5.74) is 0.237. The first-order valence-electron chi connectivity index (χ1n) is 28.0. The number of rotatable bonds is 20. The summed E-state index contributed by atoms with van der Waals surface area (Å²) in [4.78, 5) is 118. The molecule has 0 aliphatic rings.